The zero-order valence-electron chi connectivity index (χ0n) is 18.3. The summed E-state index contributed by atoms with van der Waals surface area (Å²) in [5, 5.41) is 0.856. The van der Waals surface area contributed by atoms with Crippen LogP contribution in [0.1, 0.15) is 34.6 Å². The van der Waals surface area contributed by atoms with E-state index in [1.807, 2.05) is 13.0 Å². The second kappa shape index (κ2) is 8.81. The molecule has 1 amide bonds. The quantitative estimate of drug-likeness (QED) is 0.294. The average molecular weight is 541 g/mol. The van der Waals surface area contributed by atoms with Gasteiger partial charge in [0, 0.05) is 15.2 Å². The van der Waals surface area contributed by atoms with Gasteiger partial charge in [0.15, 0.2) is 16.9 Å². The molecule has 1 aromatic heterocycles. The van der Waals surface area contributed by atoms with E-state index in [1.54, 1.807) is 61.7 Å². The van der Waals surface area contributed by atoms with Crippen molar-refractivity contribution in [2.24, 2.45) is 0 Å². The van der Waals surface area contributed by atoms with Crippen LogP contribution in [0, 0.1) is 0 Å². The summed E-state index contributed by atoms with van der Waals surface area (Å²) in [5.41, 5.74) is 1.56. The fraction of sp³-hybridized carbons (Fsp3) is 0.154. The Morgan fingerprint density at radius 1 is 1.06 bits per heavy atom. The molecule has 8 heteroatoms. The Morgan fingerprint density at radius 3 is 2.62 bits per heavy atom. The van der Waals surface area contributed by atoms with Crippen molar-refractivity contribution in [3.8, 4) is 11.5 Å². The van der Waals surface area contributed by atoms with E-state index in [0.717, 1.165) is 4.47 Å². The van der Waals surface area contributed by atoms with Gasteiger partial charge in [0.2, 0.25) is 5.76 Å². The van der Waals surface area contributed by atoms with Crippen LogP contribution in [0.4, 0.5) is 5.69 Å². The number of carbonyl (C=O) groups excluding carboxylic acids is 1. The first-order valence-corrected chi connectivity index (χ1v) is 11.8. The number of nitrogens with zero attached hydrogens (tertiary/aromatic N) is 1. The van der Waals surface area contributed by atoms with Gasteiger partial charge in [-0.1, -0.05) is 39.7 Å². The van der Waals surface area contributed by atoms with Crippen LogP contribution in [0.3, 0.4) is 0 Å². The van der Waals surface area contributed by atoms with Crippen LogP contribution in [0.15, 0.2) is 74.3 Å². The number of amides is 1. The minimum atomic E-state index is -0.745. The molecule has 172 valence electrons. The molecule has 0 aliphatic carbocycles. The van der Waals surface area contributed by atoms with Crippen molar-refractivity contribution >= 4 is 50.1 Å². The second-order valence-corrected chi connectivity index (χ2v) is 9.07. The summed E-state index contributed by atoms with van der Waals surface area (Å²) in [6.07, 6.45) is 0. The number of benzene rings is 3. The lowest BCUT2D eigenvalue weighted by atomic mass is 9.97. The van der Waals surface area contributed by atoms with Crippen LogP contribution in [0.5, 0.6) is 11.5 Å². The number of ether oxygens (including phenoxy) is 2. The van der Waals surface area contributed by atoms with Gasteiger partial charge in [-0.25, -0.2) is 0 Å². The van der Waals surface area contributed by atoms with Crippen LogP contribution < -0.4 is 19.8 Å². The summed E-state index contributed by atoms with van der Waals surface area (Å²) in [6, 6.07) is 16.7. The minimum absolute atomic E-state index is 0.0117. The number of hydrogen-bond acceptors (Lipinski definition) is 5. The molecule has 34 heavy (non-hydrogen) atoms. The molecule has 5 rings (SSSR count). The topological polar surface area (TPSA) is 69.0 Å². The Morgan fingerprint density at radius 2 is 1.88 bits per heavy atom. The van der Waals surface area contributed by atoms with Crippen LogP contribution in [-0.2, 0) is 0 Å². The number of halogens is 2. The van der Waals surface area contributed by atoms with Crippen molar-refractivity contribution in [2.45, 2.75) is 13.0 Å². The van der Waals surface area contributed by atoms with Gasteiger partial charge in [-0.3, -0.25) is 14.5 Å². The maximum atomic E-state index is 13.7. The molecule has 3 aromatic carbocycles. The highest BCUT2D eigenvalue weighted by Crippen LogP contribution is 2.43. The minimum Gasteiger partial charge on any atom is -0.493 e. The van der Waals surface area contributed by atoms with Crippen molar-refractivity contribution < 1.29 is 18.7 Å². The third kappa shape index (κ3) is 3.65. The number of carbonyl (C=O) groups is 1. The van der Waals surface area contributed by atoms with E-state index in [4.69, 9.17) is 25.5 Å². The van der Waals surface area contributed by atoms with Gasteiger partial charge in [-0.05, 0) is 61.0 Å². The summed E-state index contributed by atoms with van der Waals surface area (Å²) in [7, 11) is 1.55. The van der Waals surface area contributed by atoms with Gasteiger partial charge in [0.25, 0.3) is 5.91 Å². The van der Waals surface area contributed by atoms with Gasteiger partial charge in [0.1, 0.15) is 5.58 Å². The van der Waals surface area contributed by atoms with Gasteiger partial charge in [0.05, 0.1) is 30.7 Å². The molecule has 0 spiro atoms. The standard InChI is InChI=1S/C26H19BrClNO5/c1-3-33-20-9-7-14(11-21(20)32-2)23-22-24(30)18-12-15(27)8-10-19(18)34-25(22)26(31)29(23)17-6-4-5-16(28)13-17/h4-13,23H,3H2,1-2H3. The van der Waals surface area contributed by atoms with Gasteiger partial charge < -0.3 is 13.9 Å². The number of methoxy groups -OCH3 is 1. The maximum Gasteiger partial charge on any atom is 0.295 e. The smallest absolute Gasteiger partial charge is 0.295 e. The van der Waals surface area contributed by atoms with E-state index >= 15 is 0 Å². The van der Waals surface area contributed by atoms with E-state index < -0.39 is 11.9 Å². The summed E-state index contributed by atoms with van der Waals surface area (Å²) in [5.74, 6) is 0.663. The number of anilines is 1. The Labute approximate surface area is 208 Å². The molecule has 1 aliphatic heterocycles. The van der Waals surface area contributed by atoms with Crippen LogP contribution in [0.2, 0.25) is 5.02 Å². The van der Waals surface area contributed by atoms with Crippen LogP contribution in [0.25, 0.3) is 11.0 Å². The van der Waals surface area contributed by atoms with Gasteiger partial charge >= 0.3 is 0 Å². The normalized spacial score (nSPS) is 15.0. The summed E-state index contributed by atoms with van der Waals surface area (Å²) in [4.78, 5) is 28.9. The molecule has 0 N–H and O–H groups in total. The molecule has 0 bridgehead atoms. The molecular formula is C26H19BrClNO5. The Bertz CT molecular complexity index is 1500. The predicted octanol–water partition coefficient (Wildman–Crippen LogP) is 6.37. The average Bonchev–Trinajstić information content (AvgIpc) is 3.12. The van der Waals surface area contributed by atoms with E-state index in [-0.39, 0.29) is 16.8 Å². The molecule has 0 saturated heterocycles. The first kappa shape index (κ1) is 22.5. The van der Waals surface area contributed by atoms with Gasteiger partial charge in [-0.15, -0.1) is 0 Å². The predicted molar refractivity (Wildman–Crippen MR) is 134 cm³/mol. The van der Waals surface area contributed by atoms with Crippen LogP contribution in [-0.4, -0.2) is 19.6 Å². The lowest BCUT2D eigenvalue weighted by Gasteiger charge is -2.26. The van der Waals surface area contributed by atoms with E-state index in [9.17, 15) is 9.59 Å². The van der Waals surface area contributed by atoms with Gasteiger partial charge in [-0.2, -0.15) is 0 Å². The SMILES string of the molecule is CCOc1ccc(C2c3c(oc4ccc(Br)cc4c3=O)C(=O)N2c2cccc(Cl)c2)cc1OC. The molecule has 1 atom stereocenters. The van der Waals surface area contributed by atoms with Crippen molar-refractivity contribution in [3.63, 3.8) is 0 Å². The fourth-order valence-corrected chi connectivity index (χ4v) is 4.83. The molecule has 1 aliphatic rings. The van der Waals surface area contributed by atoms with Crippen molar-refractivity contribution in [1.82, 2.24) is 0 Å². The lowest BCUT2D eigenvalue weighted by molar-refractivity contribution is 0.0971. The highest BCUT2D eigenvalue weighted by atomic mass is 79.9. The number of hydrogen-bond donors (Lipinski definition) is 0. The molecule has 6 nitrogen and oxygen atoms in total. The lowest BCUT2D eigenvalue weighted by Crippen LogP contribution is -2.29. The monoisotopic (exact) mass is 539 g/mol. The van der Waals surface area contributed by atoms with Crippen molar-refractivity contribution in [2.75, 3.05) is 18.6 Å². The Kier molecular flexibility index (Phi) is 5.83. The number of fused-ring (bicyclic) bond motifs is 2. The molecule has 4 aromatic rings. The maximum absolute atomic E-state index is 13.7. The molecule has 0 radical (unpaired) electrons. The Balaban J connectivity index is 1.80. The highest BCUT2D eigenvalue weighted by Gasteiger charge is 2.44. The third-order valence-electron chi connectivity index (χ3n) is 5.72. The summed E-state index contributed by atoms with van der Waals surface area (Å²) >= 11 is 9.66. The first-order chi connectivity index (χ1) is 16.4. The largest absolute Gasteiger partial charge is 0.493 e. The molecular weight excluding hydrogens is 522 g/mol. The van der Waals surface area contributed by atoms with Crippen LogP contribution >= 0.6 is 27.5 Å². The van der Waals surface area contributed by atoms with E-state index in [1.165, 1.54) is 4.90 Å². The summed E-state index contributed by atoms with van der Waals surface area (Å²) in [6.45, 7) is 2.36. The third-order valence-corrected chi connectivity index (χ3v) is 6.45. The zero-order valence-corrected chi connectivity index (χ0v) is 20.6. The van der Waals surface area contributed by atoms with E-state index in [2.05, 4.69) is 15.9 Å². The van der Waals surface area contributed by atoms with Crippen molar-refractivity contribution in [3.05, 3.63) is 97.3 Å². The molecule has 0 fully saturated rings. The second-order valence-electron chi connectivity index (χ2n) is 7.72. The van der Waals surface area contributed by atoms with E-state index in [0.29, 0.717) is 45.3 Å². The first-order valence-electron chi connectivity index (χ1n) is 10.6. The molecule has 0 saturated carbocycles. The summed E-state index contributed by atoms with van der Waals surface area (Å²) < 4.78 is 17.9. The highest BCUT2D eigenvalue weighted by molar-refractivity contribution is 9.10. The fourth-order valence-electron chi connectivity index (χ4n) is 4.28. The molecule has 2 heterocycles. The Hall–Kier alpha value is -3.29. The number of rotatable bonds is 5. The van der Waals surface area contributed by atoms with Crippen molar-refractivity contribution in [1.29, 1.82) is 0 Å². The molecule has 1 unspecified atom stereocenters. The zero-order chi connectivity index (χ0) is 24.0.